The number of rotatable bonds is 5. The molecular weight excluding hydrogens is 458 g/mol. The number of fused-ring (bicyclic) bond motifs is 1. The molecule has 2 N–H and O–H groups in total. The molecule has 0 aromatic heterocycles. The van der Waals surface area contributed by atoms with E-state index >= 15 is 0 Å². The van der Waals surface area contributed by atoms with E-state index in [9.17, 15) is 19.2 Å². The number of carbonyl (C=O) groups excluding carboxylic acids is 4. The molecule has 2 fully saturated rings. The van der Waals surface area contributed by atoms with Crippen molar-refractivity contribution < 1.29 is 23.9 Å². The standard InChI is InChI=1S/C25H24ClN3O5/c26-18-5-3-15(4-6-18)17-10-19(11-17)34-25(33)27-12-14-1-2-16-13-29(24(32)20(16)9-14)21-7-8-22(30)28-23(21)31/h1-6,9,17,19,21H,7-8,10-13H2,(H,27,33)(H,28,30,31). The summed E-state index contributed by atoms with van der Waals surface area (Å²) in [6.45, 7) is 0.553. The Labute approximate surface area is 201 Å². The number of benzene rings is 2. The number of hydrogen-bond donors (Lipinski definition) is 2. The number of alkyl carbamates (subject to hydrolysis) is 1. The van der Waals surface area contributed by atoms with Gasteiger partial charge in [0.1, 0.15) is 12.1 Å². The molecule has 176 valence electrons. The van der Waals surface area contributed by atoms with Crippen molar-refractivity contribution in [1.29, 1.82) is 0 Å². The number of hydrogen-bond acceptors (Lipinski definition) is 5. The summed E-state index contributed by atoms with van der Waals surface area (Å²) in [5.41, 5.74) is 3.30. The van der Waals surface area contributed by atoms with Crippen molar-refractivity contribution in [3.8, 4) is 0 Å². The minimum absolute atomic E-state index is 0.121. The molecule has 1 unspecified atom stereocenters. The van der Waals surface area contributed by atoms with E-state index in [0.29, 0.717) is 29.5 Å². The second-order valence-electron chi connectivity index (χ2n) is 8.99. The van der Waals surface area contributed by atoms with Gasteiger partial charge in [-0.2, -0.15) is 0 Å². The Morgan fingerprint density at radius 3 is 2.62 bits per heavy atom. The van der Waals surface area contributed by atoms with Gasteiger partial charge in [-0.25, -0.2) is 4.79 Å². The predicted octanol–water partition coefficient (Wildman–Crippen LogP) is 3.27. The molecule has 1 aliphatic carbocycles. The lowest BCUT2D eigenvalue weighted by atomic mass is 9.77. The van der Waals surface area contributed by atoms with E-state index in [4.69, 9.17) is 16.3 Å². The van der Waals surface area contributed by atoms with Crippen LogP contribution in [0.3, 0.4) is 0 Å². The molecule has 8 nitrogen and oxygen atoms in total. The molecular formula is C25H24ClN3O5. The van der Waals surface area contributed by atoms with Crippen LogP contribution in [-0.2, 0) is 27.4 Å². The largest absolute Gasteiger partial charge is 0.446 e. The van der Waals surface area contributed by atoms with E-state index in [2.05, 4.69) is 10.6 Å². The third kappa shape index (κ3) is 4.50. The lowest BCUT2D eigenvalue weighted by Gasteiger charge is -2.34. The number of carbonyl (C=O) groups is 4. The average Bonchev–Trinajstić information content (AvgIpc) is 3.11. The summed E-state index contributed by atoms with van der Waals surface area (Å²) in [6.07, 6.45) is 1.48. The third-order valence-electron chi connectivity index (χ3n) is 6.74. The minimum atomic E-state index is -0.645. The lowest BCUT2D eigenvalue weighted by Crippen LogP contribution is -2.52. The molecule has 34 heavy (non-hydrogen) atoms. The first-order chi connectivity index (χ1) is 16.4. The highest BCUT2D eigenvalue weighted by molar-refractivity contribution is 6.30. The zero-order valence-electron chi connectivity index (χ0n) is 18.4. The molecule has 1 saturated carbocycles. The number of nitrogens with zero attached hydrogens (tertiary/aromatic N) is 1. The maximum Gasteiger partial charge on any atom is 0.407 e. The molecule has 1 atom stereocenters. The van der Waals surface area contributed by atoms with Crippen molar-refractivity contribution in [3.05, 3.63) is 69.7 Å². The Morgan fingerprint density at radius 2 is 1.88 bits per heavy atom. The molecule has 9 heteroatoms. The molecule has 2 heterocycles. The molecule has 0 spiro atoms. The zero-order chi connectivity index (χ0) is 23.8. The quantitative estimate of drug-likeness (QED) is 0.638. The topological polar surface area (TPSA) is 105 Å². The maximum absolute atomic E-state index is 12.9. The Bertz CT molecular complexity index is 1160. The number of ether oxygens (including phenoxy) is 1. The van der Waals surface area contributed by atoms with Gasteiger partial charge in [-0.05, 0) is 60.1 Å². The fraction of sp³-hybridized carbons (Fsp3) is 0.360. The van der Waals surface area contributed by atoms with Crippen molar-refractivity contribution in [2.45, 2.75) is 56.8 Å². The van der Waals surface area contributed by atoms with E-state index in [1.54, 1.807) is 6.07 Å². The highest BCUT2D eigenvalue weighted by atomic mass is 35.5. The first-order valence-corrected chi connectivity index (χ1v) is 11.7. The van der Waals surface area contributed by atoms with Crippen LogP contribution >= 0.6 is 11.6 Å². The van der Waals surface area contributed by atoms with Crippen LogP contribution in [0.4, 0.5) is 4.79 Å². The van der Waals surface area contributed by atoms with Gasteiger partial charge in [-0.15, -0.1) is 0 Å². The van der Waals surface area contributed by atoms with Crippen LogP contribution in [0, 0.1) is 0 Å². The highest BCUT2D eigenvalue weighted by Crippen LogP contribution is 2.39. The number of amides is 4. The van der Waals surface area contributed by atoms with Gasteiger partial charge in [0.25, 0.3) is 5.91 Å². The molecule has 0 radical (unpaired) electrons. The van der Waals surface area contributed by atoms with Gasteiger partial charge in [0.05, 0.1) is 0 Å². The maximum atomic E-state index is 12.9. The fourth-order valence-electron chi connectivity index (χ4n) is 4.75. The molecule has 2 aromatic rings. The first kappa shape index (κ1) is 22.4. The van der Waals surface area contributed by atoms with Crippen LogP contribution in [-0.4, -0.2) is 40.9 Å². The fourth-order valence-corrected chi connectivity index (χ4v) is 4.87. The van der Waals surface area contributed by atoms with Gasteiger partial charge >= 0.3 is 6.09 Å². The Balaban J connectivity index is 1.12. The van der Waals surface area contributed by atoms with E-state index in [1.807, 2.05) is 36.4 Å². The smallest absolute Gasteiger partial charge is 0.407 e. The summed E-state index contributed by atoms with van der Waals surface area (Å²) < 4.78 is 5.49. The van der Waals surface area contributed by atoms with Crippen LogP contribution in [0.15, 0.2) is 42.5 Å². The number of imide groups is 1. The summed E-state index contributed by atoms with van der Waals surface area (Å²) in [5, 5.41) is 5.75. The normalized spacial score (nSPS) is 23.7. The Hall–Kier alpha value is -3.39. The third-order valence-corrected chi connectivity index (χ3v) is 6.99. The molecule has 1 saturated heterocycles. The molecule has 2 aromatic carbocycles. The van der Waals surface area contributed by atoms with Gasteiger partial charge in [-0.1, -0.05) is 35.9 Å². The molecule has 2 aliphatic heterocycles. The lowest BCUT2D eigenvalue weighted by molar-refractivity contribution is -0.136. The second kappa shape index (κ2) is 9.10. The van der Waals surface area contributed by atoms with Crippen molar-refractivity contribution in [3.63, 3.8) is 0 Å². The van der Waals surface area contributed by atoms with E-state index in [1.165, 1.54) is 10.5 Å². The number of nitrogens with one attached hydrogen (secondary N) is 2. The van der Waals surface area contributed by atoms with Crippen LogP contribution in [0.2, 0.25) is 5.02 Å². The van der Waals surface area contributed by atoms with Gasteiger partial charge in [0.15, 0.2) is 0 Å². The molecule has 3 aliphatic rings. The van der Waals surface area contributed by atoms with Crippen LogP contribution < -0.4 is 10.6 Å². The van der Waals surface area contributed by atoms with Crippen molar-refractivity contribution >= 4 is 35.4 Å². The van der Waals surface area contributed by atoms with E-state index in [-0.39, 0.29) is 30.9 Å². The van der Waals surface area contributed by atoms with E-state index < -0.39 is 18.0 Å². The Kier molecular flexibility index (Phi) is 6.00. The summed E-state index contributed by atoms with van der Waals surface area (Å²) >= 11 is 5.93. The van der Waals surface area contributed by atoms with Crippen LogP contribution in [0.1, 0.15) is 58.6 Å². The van der Waals surface area contributed by atoms with Crippen LogP contribution in [0.5, 0.6) is 0 Å². The SMILES string of the molecule is O=C1CCC(N2Cc3ccc(CNC(=O)OC4CC(c5ccc(Cl)cc5)C4)cc3C2=O)C(=O)N1. The van der Waals surface area contributed by atoms with Gasteiger partial charge in [0, 0.05) is 30.1 Å². The summed E-state index contributed by atoms with van der Waals surface area (Å²) in [4.78, 5) is 50.2. The van der Waals surface area contributed by atoms with Crippen molar-refractivity contribution in [1.82, 2.24) is 15.5 Å². The zero-order valence-corrected chi connectivity index (χ0v) is 19.1. The summed E-state index contributed by atoms with van der Waals surface area (Å²) in [5.74, 6) is -0.619. The molecule has 0 bridgehead atoms. The monoisotopic (exact) mass is 481 g/mol. The highest BCUT2D eigenvalue weighted by Gasteiger charge is 2.39. The van der Waals surface area contributed by atoms with Gasteiger partial charge in [-0.3, -0.25) is 19.7 Å². The van der Waals surface area contributed by atoms with E-state index in [0.717, 1.165) is 24.0 Å². The molecule has 4 amide bonds. The minimum Gasteiger partial charge on any atom is -0.446 e. The van der Waals surface area contributed by atoms with Gasteiger partial charge in [0.2, 0.25) is 11.8 Å². The predicted molar refractivity (Wildman–Crippen MR) is 123 cm³/mol. The van der Waals surface area contributed by atoms with Gasteiger partial charge < -0.3 is 15.0 Å². The number of halogens is 1. The van der Waals surface area contributed by atoms with Crippen molar-refractivity contribution in [2.75, 3.05) is 0 Å². The summed E-state index contributed by atoms with van der Waals surface area (Å²) in [6, 6.07) is 12.5. The first-order valence-electron chi connectivity index (χ1n) is 11.3. The number of piperidine rings is 1. The summed E-state index contributed by atoms with van der Waals surface area (Å²) in [7, 11) is 0. The van der Waals surface area contributed by atoms with Crippen LogP contribution in [0.25, 0.3) is 0 Å². The average molecular weight is 482 g/mol. The van der Waals surface area contributed by atoms with Crippen molar-refractivity contribution in [2.24, 2.45) is 0 Å². The Morgan fingerprint density at radius 1 is 1.12 bits per heavy atom. The molecule has 5 rings (SSSR count). The second-order valence-corrected chi connectivity index (χ2v) is 9.43.